The third-order valence-electron chi connectivity index (χ3n) is 5.13. The number of halogens is 1. The van der Waals surface area contributed by atoms with Gasteiger partial charge in [0.2, 0.25) is 11.8 Å². The van der Waals surface area contributed by atoms with E-state index in [1.807, 2.05) is 49.4 Å². The molecule has 29 heavy (non-hydrogen) atoms. The van der Waals surface area contributed by atoms with Crippen LogP contribution in [0.2, 0.25) is 5.02 Å². The number of piperidine rings is 1. The molecule has 0 radical (unpaired) electrons. The zero-order valence-electron chi connectivity index (χ0n) is 16.7. The molecule has 2 aromatic carbocycles. The molecule has 1 saturated heterocycles. The van der Waals surface area contributed by atoms with E-state index < -0.39 is 0 Å². The van der Waals surface area contributed by atoms with Crippen LogP contribution in [0.3, 0.4) is 0 Å². The quantitative estimate of drug-likeness (QED) is 0.733. The molecule has 0 saturated carbocycles. The van der Waals surface area contributed by atoms with E-state index >= 15 is 0 Å². The fourth-order valence-corrected chi connectivity index (χ4v) is 3.52. The van der Waals surface area contributed by atoms with E-state index in [0.29, 0.717) is 42.4 Å². The summed E-state index contributed by atoms with van der Waals surface area (Å²) in [6.45, 7) is 3.00. The van der Waals surface area contributed by atoms with Gasteiger partial charge in [-0.15, -0.1) is 0 Å². The van der Waals surface area contributed by atoms with E-state index in [0.717, 1.165) is 11.1 Å². The van der Waals surface area contributed by atoms with Crippen LogP contribution in [-0.2, 0) is 9.59 Å². The van der Waals surface area contributed by atoms with Gasteiger partial charge in [-0.3, -0.25) is 9.59 Å². The minimum absolute atomic E-state index is 0.0253. The minimum atomic E-state index is -0.141. The van der Waals surface area contributed by atoms with Crippen LogP contribution in [0.5, 0.6) is 5.75 Å². The maximum Gasteiger partial charge on any atom is 0.246 e. The van der Waals surface area contributed by atoms with Crippen molar-refractivity contribution in [1.82, 2.24) is 4.90 Å². The Labute approximate surface area is 176 Å². The summed E-state index contributed by atoms with van der Waals surface area (Å²) in [5.74, 6) is 0.310. The first-order valence-corrected chi connectivity index (χ1v) is 10.0. The highest BCUT2D eigenvalue weighted by Crippen LogP contribution is 2.32. The van der Waals surface area contributed by atoms with Crippen molar-refractivity contribution >= 4 is 35.2 Å². The molecule has 152 valence electrons. The number of likely N-dealkylation sites (tertiary alicyclic amines) is 1. The van der Waals surface area contributed by atoms with Crippen molar-refractivity contribution in [3.63, 3.8) is 0 Å². The lowest BCUT2D eigenvalue weighted by molar-refractivity contribution is -0.130. The largest absolute Gasteiger partial charge is 0.495 e. The molecule has 1 heterocycles. The summed E-state index contributed by atoms with van der Waals surface area (Å²) in [6.07, 6.45) is 4.67. The summed E-state index contributed by atoms with van der Waals surface area (Å²) in [7, 11) is 1.55. The monoisotopic (exact) mass is 412 g/mol. The van der Waals surface area contributed by atoms with Crippen molar-refractivity contribution in [1.29, 1.82) is 0 Å². The first-order valence-electron chi connectivity index (χ1n) is 9.65. The molecule has 1 aliphatic heterocycles. The van der Waals surface area contributed by atoms with E-state index in [1.54, 1.807) is 24.2 Å². The summed E-state index contributed by atoms with van der Waals surface area (Å²) in [5, 5.41) is 3.54. The second-order valence-corrected chi connectivity index (χ2v) is 7.54. The number of ether oxygens (including phenoxy) is 1. The highest BCUT2D eigenvalue weighted by atomic mass is 35.5. The van der Waals surface area contributed by atoms with E-state index in [-0.39, 0.29) is 17.7 Å². The SMILES string of the molecule is COc1cc(Cl)c(C)cc1NC(=O)C1CCN(C(=O)/C=C/c2ccccc2)CC1. The fraction of sp³-hybridized carbons (Fsp3) is 0.304. The Kier molecular flexibility index (Phi) is 6.94. The predicted molar refractivity (Wildman–Crippen MR) is 116 cm³/mol. The van der Waals surface area contributed by atoms with Crippen LogP contribution in [0.25, 0.3) is 6.08 Å². The van der Waals surface area contributed by atoms with Crippen molar-refractivity contribution in [2.45, 2.75) is 19.8 Å². The van der Waals surface area contributed by atoms with Gasteiger partial charge in [-0.2, -0.15) is 0 Å². The summed E-state index contributed by atoms with van der Waals surface area (Å²) in [6, 6.07) is 13.2. The Morgan fingerprint density at radius 2 is 1.86 bits per heavy atom. The van der Waals surface area contributed by atoms with Crippen LogP contribution in [0, 0.1) is 12.8 Å². The Morgan fingerprint density at radius 1 is 1.17 bits per heavy atom. The van der Waals surface area contributed by atoms with E-state index in [1.165, 1.54) is 0 Å². The van der Waals surface area contributed by atoms with Gasteiger partial charge in [0.05, 0.1) is 12.8 Å². The number of carbonyl (C=O) groups excluding carboxylic acids is 2. The van der Waals surface area contributed by atoms with Gasteiger partial charge in [0.25, 0.3) is 0 Å². The molecule has 0 unspecified atom stereocenters. The van der Waals surface area contributed by atoms with Crippen LogP contribution in [0.15, 0.2) is 48.5 Å². The maximum atomic E-state index is 12.7. The number of hydrogen-bond donors (Lipinski definition) is 1. The molecule has 1 N–H and O–H groups in total. The van der Waals surface area contributed by atoms with Crippen LogP contribution >= 0.6 is 11.6 Å². The minimum Gasteiger partial charge on any atom is -0.495 e. The third kappa shape index (κ3) is 5.39. The van der Waals surface area contributed by atoms with Crippen LogP contribution in [0.4, 0.5) is 5.69 Å². The Hall–Kier alpha value is -2.79. The lowest BCUT2D eigenvalue weighted by Gasteiger charge is -2.30. The fourth-order valence-electron chi connectivity index (χ4n) is 3.36. The Morgan fingerprint density at radius 3 is 2.52 bits per heavy atom. The topological polar surface area (TPSA) is 58.6 Å². The average Bonchev–Trinajstić information content (AvgIpc) is 2.75. The number of anilines is 1. The zero-order chi connectivity index (χ0) is 20.8. The molecule has 2 amide bonds. The Balaban J connectivity index is 1.55. The number of nitrogens with one attached hydrogen (secondary N) is 1. The molecule has 2 aromatic rings. The maximum absolute atomic E-state index is 12.7. The molecule has 6 heteroatoms. The predicted octanol–water partition coefficient (Wildman–Crippen LogP) is 4.55. The van der Waals surface area contributed by atoms with Gasteiger partial charge in [-0.25, -0.2) is 0 Å². The van der Waals surface area contributed by atoms with E-state index in [4.69, 9.17) is 16.3 Å². The number of benzene rings is 2. The number of rotatable bonds is 5. The van der Waals surface area contributed by atoms with Gasteiger partial charge in [0.1, 0.15) is 5.75 Å². The van der Waals surface area contributed by atoms with Crippen molar-refractivity contribution < 1.29 is 14.3 Å². The Bertz CT molecular complexity index is 904. The molecular weight excluding hydrogens is 388 g/mol. The number of methoxy groups -OCH3 is 1. The van der Waals surface area contributed by atoms with Crippen molar-refractivity contribution in [3.05, 3.63) is 64.7 Å². The van der Waals surface area contributed by atoms with Gasteiger partial charge in [-0.05, 0) is 43.0 Å². The van der Waals surface area contributed by atoms with Gasteiger partial charge < -0.3 is 15.0 Å². The molecule has 1 fully saturated rings. The normalized spacial score (nSPS) is 14.8. The number of carbonyl (C=O) groups is 2. The zero-order valence-corrected chi connectivity index (χ0v) is 17.4. The van der Waals surface area contributed by atoms with E-state index in [2.05, 4.69) is 5.32 Å². The van der Waals surface area contributed by atoms with Gasteiger partial charge in [0, 0.05) is 36.2 Å². The third-order valence-corrected chi connectivity index (χ3v) is 5.54. The van der Waals surface area contributed by atoms with E-state index in [9.17, 15) is 9.59 Å². The molecule has 0 spiro atoms. The van der Waals surface area contributed by atoms with Crippen molar-refractivity contribution in [2.75, 3.05) is 25.5 Å². The average molecular weight is 413 g/mol. The van der Waals surface area contributed by atoms with Gasteiger partial charge in [0.15, 0.2) is 0 Å². The second kappa shape index (κ2) is 9.61. The van der Waals surface area contributed by atoms with Crippen LogP contribution in [0.1, 0.15) is 24.0 Å². The lowest BCUT2D eigenvalue weighted by atomic mass is 9.95. The molecule has 0 bridgehead atoms. The molecule has 5 nitrogen and oxygen atoms in total. The molecule has 0 atom stereocenters. The standard InChI is InChI=1S/C23H25ClN2O3/c1-16-14-20(21(29-2)15-19(16)24)25-23(28)18-10-12-26(13-11-18)22(27)9-8-17-6-4-3-5-7-17/h3-9,14-15,18H,10-13H2,1-2H3,(H,25,28)/b9-8+. The molecule has 0 aliphatic carbocycles. The first kappa shape index (κ1) is 20.9. The van der Waals surface area contributed by atoms with Crippen LogP contribution < -0.4 is 10.1 Å². The molecule has 1 aliphatic rings. The molecular formula is C23H25ClN2O3. The second-order valence-electron chi connectivity index (χ2n) is 7.13. The highest BCUT2D eigenvalue weighted by Gasteiger charge is 2.27. The van der Waals surface area contributed by atoms with Crippen LogP contribution in [-0.4, -0.2) is 36.9 Å². The summed E-state index contributed by atoms with van der Waals surface area (Å²) in [4.78, 5) is 26.9. The number of nitrogens with zero attached hydrogens (tertiary/aromatic N) is 1. The van der Waals surface area contributed by atoms with Crippen molar-refractivity contribution in [2.24, 2.45) is 5.92 Å². The first-order chi connectivity index (χ1) is 14.0. The summed E-state index contributed by atoms with van der Waals surface area (Å²) in [5.41, 5.74) is 2.47. The number of hydrogen-bond acceptors (Lipinski definition) is 3. The van der Waals surface area contributed by atoms with Gasteiger partial charge >= 0.3 is 0 Å². The number of amides is 2. The smallest absolute Gasteiger partial charge is 0.246 e. The van der Waals surface area contributed by atoms with Gasteiger partial charge in [-0.1, -0.05) is 41.9 Å². The molecule has 3 rings (SSSR count). The highest BCUT2D eigenvalue weighted by molar-refractivity contribution is 6.31. The lowest BCUT2D eigenvalue weighted by Crippen LogP contribution is -2.40. The molecule has 0 aromatic heterocycles. The van der Waals surface area contributed by atoms with Crippen molar-refractivity contribution in [3.8, 4) is 5.75 Å². The number of aryl methyl sites for hydroxylation is 1. The summed E-state index contributed by atoms with van der Waals surface area (Å²) >= 11 is 6.12. The summed E-state index contributed by atoms with van der Waals surface area (Å²) < 4.78 is 5.32.